The van der Waals surface area contributed by atoms with Crippen molar-refractivity contribution in [2.45, 2.75) is 19.4 Å². The van der Waals surface area contributed by atoms with Crippen molar-refractivity contribution >= 4 is 5.97 Å². The molecule has 0 unspecified atom stereocenters. The van der Waals surface area contributed by atoms with Crippen molar-refractivity contribution in [2.75, 3.05) is 26.9 Å². The van der Waals surface area contributed by atoms with Crippen LogP contribution >= 0.6 is 0 Å². The zero-order chi connectivity index (χ0) is 12.8. The van der Waals surface area contributed by atoms with E-state index in [1.165, 1.54) is 7.11 Å². The number of hydrogen-bond donors (Lipinski definition) is 1. The molecule has 0 amide bonds. The second kappa shape index (κ2) is 6.56. The summed E-state index contributed by atoms with van der Waals surface area (Å²) in [7, 11) is 1.34. The van der Waals surface area contributed by atoms with Crippen LogP contribution in [0.4, 0.5) is 0 Å². The van der Waals surface area contributed by atoms with Gasteiger partial charge in [-0.3, -0.25) is 0 Å². The molecule has 1 fully saturated rings. The fourth-order valence-corrected chi connectivity index (χ4v) is 2.03. The quantitative estimate of drug-likeness (QED) is 0.807. The number of hydrogen-bond acceptors (Lipinski definition) is 5. The summed E-state index contributed by atoms with van der Waals surface area (Å²) in [6.45, 7) is 3.31. The molecular formula is C13H19NO4. The van der Waals surface area contributed by atoms with Gasteiger partial charge in [0.1, 0.15) is 5.76 Å². The highest BCUT2D eigenvalue weighted by Gasteiger charge is 2.14. The summed E-state index contributed by atoms with van der Waals surface area (Å²) in [6.07, 6.45) is 2.22. The third-order valence-corrected chi connectivity index (χ3v) is 3.12. The van der Waals surface area contributed by atoms with Gasteiger partial charge in [0, 0.05) is 13.2 Å². The lowest BCUT2D eigenvalue weighted by Gasteiger charge is -2.21. The molecule has 5 heteroatoms. The van der Waals surface area contributed by atoms with Gasteiger partial charge in [0.2, 0.25) is 5.76 Å². The highest BCUT2D eigenvalue weighted by atomic mass is 16.5. The van der Waals surface area contributed by atoms with Crippen LogP contribution in [0, 0.1) is 5.92 Å². The summed E-state index contributed by atoms with van der Waals surface area (Å²) in [4.78, 5) is 11.2. The molecule has 0 spiro atoms. The molecule has 1 N–H and O–H groups in total. The minimum Gasteiger partial charge on any atom is -0.463 e. The van der Waals surface area contributed by atoms with Gasteiger partial charge in [0.15, 0.2) is 0 Å². The van der Waals surface area contributed by atoms with E-state index in [9.17, 15) is 4.79 Å². The Kier molecular flexibility index (Phi) is 4.78. The molecule has 1 aliphatic rings. The first-order valence-corrected chi connectivity index (χ1v) is 6.25. The first kappa shape index (κ1) is 13.1. The van der Waals surface area contributed by atoms with Gasteiger partial charge in [-0.25, -0.2) is 4.79 Å². The average Bonchev–Trinajstić information content (AvgIpc) is 2.88. The van der Waals surface area contributed by atoms with E-state index in [4.69, 9.17) is 9.15 Å². The van der Waals surface area contributed by atoms with Crippen LogP contribution in [0.15, 0.2) is 16.5 Å². The van der Waals surface area contributed by atoms with Crippen molar-refractivity contribution in [3.8, 4) is 0 Å². The van der Waals surface area contributed by atoms with E-state index in [1.54, 1.807) is 12.1 Å². The van der Waals surface area contributed by atoms with Crippen molar-refractivity contribution in [1.82, 2.24) is 5.32 Å². The van der Waals surface area contributed by atoms with Crippen LogP contribution in [-0.4, -0.2) is 32.8 Å². The normalized spacial score (nSPS) is 16.7. The topological polar surface area (TPSA) is 60.7 Å². The number of carbonyl (C=O) groups excluding carboxylic acids is 1. The Labute approximate surface area is 106 Å². The number of furan rings is 1. The Morgan fingerprint density at radius 2 is 2.22 bits per heavy atom. The minimum atomic E-state index is -0.439. The Hall–Kier alpha value is -1.33. The monoisotopic (exact) mass is 253 g/mol. The van der Waals surface area contributed by atoms with Crippen LogP contribution in [0.1, 0.15) is 29.2 Å². The van der Waals surface area contributed by atoms with Crippen LogP contribution < -0.4 is 5.32 Å². The average molecular weight is 253 g/mol. The van der Waals surface area contributed by atoms with Gasteiger partial charge >= 0.3 is 5.97 Å². The summed E-state index contributed by atoms with van der Waals surface area (Å²) < 4.78 is 15.3. The molecule has 2 heterocycles. The molecule has 100 valence electrons. The fraction of sp³-hybridized carbons (Fsp3) is 0.615. The minimum absolute atomic E-state index is 0.250. The van der Waals surface area contributed by atoms with Gasteiger partial charge in [-0.1, -0.05) is 0 Å². The lowest BCUT2D eigenvalue weighted by atomic mass is 10.0. The van der Waals surface area contributed by atoms with E-state index in [1.807, 2.05) is 0 Å². The summed E-state index contributed by atoms with van der Waals surface area (Å²) in [5.41, 5.74) is 0. The van der Waals surface area contributed by atoms with Crippen LogP contribution in [0.3, 0.4) is 0 Å². The maximum atomic E-state index is 11.2. The van der Waals surface area contributed by atoms with Crippen molar-refractivity contribution in [1.29, 1.82) is 0 Å². The van der Waals surface area contributed by atoms with E-state index in [-0.39, 0.29) is 5.76 Å². The summed E-state index contributed by atoms with van der Waals surface area (Å²) >= 11 is 0. The van der Waals surface area contributed by atoms with Gasteiger partial charge in [0.05, 0.1) is 13.7 Å². The molecule has 0 atom stereocenters. The lowest BCUT2D eigenvalue weighted by molar-refractivity contribution is 0.0561. The summed E-state index contributed by atoms with van der Waals surface area (Å²) in [6, 6.07) is 3.43. The third-order valence-electron chi connectivity index (χ3n) is 3.12. The molecule has 1 aliphatic heterocycles. The summed E-state index contributed by atoms with van der Waals surface area (Å²) in [5, 5.41) is 3.34. The van der Waals surface area contributed by atoms with Gasteiger partial charge in [0.25, 0.3) is 0 Å². The Morgan fingerprint density at radius 3 is 2.94 bits per heavy atom. The van der Waals surface area contributed by atoms with E-state index in [0.29, 0.717) is 12.5 Å². The molecule has 1 saturated heterocycles. The first-order valence-electron chi connectivity index (χ1n) is 6.25. The molecule has 0 aromatic carbocycles. The standard InChI is InChI=1S/C13H19NO4/c1-16-13(15)12-3-2-11(18-12)9-14-8-10-4-6-17-7-5-10/h2-3,10,14H,4-9H2,1H3. The Morgan fingerprint density at radius 1 is 1.44 bits per heavy atom. The van der Waals surface area contributed by atoms with Crippen LogP contribution in [0.5, 0.6) is 0 Å². The molecule has 0 aliphatic carbocycles. The highest BCUT2D eigenvalue weighted by Crippen LogP contribution is 2.14. The third kappa shape index (κ3) is 3.58. The van der Waals surface area contributed by atoms with Crippen LogP contribution in [-0.2, 0) is 16.0 Å². The second-order valence-electron chi connectivity index (χ2n) is 4.44. The zero-order valence-electron chi connectivity index (χ0n) is 10.6. The maximum Gasteiger partial charge on any atom is 0.373 e. The van der Waals surface area contributed by atoms with Crippen molar-refractivity contribution in [2.24, 2.45) is 5.92 Å². The molecule has 0 radical (unpaired) electrons. The smallest absolute Gasteiger partial charge is 0.373 e. The number of carbonyl (C=O) groups is 1. The SMILES string of the molecule is COC(=O)c1ccc(CNCC2CCOCC2)o1. The number of ether oxygens (including phenoxy) is 2. The fourth-order valence-electron chi connectivity index (χ4n) is 2.03. The highest BCUT2D eigenvalue weighted by molar-refractivity contribution is 5.86. The lowest BCUT2D eigenvalue weighted by Crippen LogP contribution is -2.27. The number of rotatable bonds is 5. The van der Waals surface area contributed by atoms with Gasteiger partial charge < -0.3 is 19.2 Å². The molecular weight excluding hydrogens is 234 g/mol. The molecule has 18 heavy (non-hydrogen) atoms. The van der Waals surface area contributed by atoms with Gasteiger partial charge in [-0.15, -0.1) is 0 Å². The van der Waals surface area contributed by atoms with Crippen LogP contribution in [0.25, 0.3) is 0 Å². The second-order valence-corrected chi connectivity index (χ2v) is 4.44. The first-order chi connectivity index (χ1) is 8.79. The van der Waals surface area contributed by atoms with E-state index < -0.39 is 5.97 Å². The maximum absolute atomic E-state index is 11.2. The molecule has 0 bridgehead atoms. The number of esters is 1. The Bertz CT molecular complexity index is 382. The number of methoxy groups -OCH3 is 1. The van der Waals surface area contributed by atoms with Crippen molar-refractivity contribution in [3.05, 3.63) is 23.7 Å². The predicted molar refractivity (Wildman–Crippen MR) is 65.3 cm³/mol. The van der Waals surface area contributed by atoms with E-state index in [0.717, 1.165) is 38.4 Å². The summed E-state index contributed by atoms with van der Waals surface area (Å²) in [5.74, 6) is 1.24. The van der Waals surface area contributed by atoms with E-state index in [2.05, 4.69) is 10.1 Å². The Balaban J connectivity index is 1.72. The van der Waals surface area contributed by atoms with Crippen molar-refractivity contribution in [3.63, 3.8) is 0 Å². The molecule has 0 saturated carbocycles. The van der Waals surface area contributed by atoms with E-state index >= 15 is 0 Å². The molecule has 1 aromatic rings. The zero-order valence-corrected chi connectivity index (χ0v) is 10.6. The van der Waals surface area contributed by atoms with Gasteiger partial charge in [-0.05, 0) is 37.4 Å². The van der Waals surface area contributed by atoms with Crippen LogP contribution in [0.2, 0.25) is 0 Å². The molecule has 2 rings (SSSR count). The van der Waals surface area contributed by atoms with Gasteiger partial charge in [-0.2, -0.15) is 0 Å². The molecule has 5 nitrogen and oxygen atoms in total. The predicted octanol–water partition coefficient (Wildman–Crippen LogP) is 1.58. The largest absolute Gasteiger partial charge is 0.463 e. The number of nitrogens with one attached hydrogen (secondary N) is 1. The van der Waals surface area contributed by atoms with Crippen molar-refractivity contribution < 1.29 is 18.7 Å². The molecule has 1 aromatic heterocycles.